The van der Waals surface area contributed by atoms with Crippen LogP contribution in [0.1, 0.15) is 35.0 Å². The largest absolute Gasteiger partial charge is 0.497 e. The second-order valence-electron chi connectivity index (χ2n) is 6.83. The number of aromatic nitrogens is 2. The van der Waals surface area contributed by atoms with Crippen molar-refractivity contribution in [3.63, 3.8) is 0 Å². The summed E-state index contributed by atoms with van der Waals surface area (Å²) in [5, 5.41) is 0. The fourth-order valence-electron chi connectivity index (χ4n) is 3.62. The molecule has 1 atom stereocenters. The van der Waals surface area contributed by atoms with Gasteiger partial charge in [-0.15, -0.1) is 0 Å². The molecule has 3 rings (SSSR count). The predicted octanol–water partition coefficient (Wildman–Crippen LogP) is 1.96. The minimum absolute atomic E-state index is 0.0568. The highest BCUT2D eigenvalue weighted by Crippen LogP contribution is 2.36. The van der Waals surface area contributed by atoms with Gasteiger partial charge in [-0.2, -0.15) is 0 Å². The highest BCUT2D eigenvalue weighted by molar-refractivity contribution is 5.79. The summed E-state index contributed by atoms with van der Waals surface area (Å²) in [5.41, 5.74) is 1.85. The van der Waals surface area contributed by atoms with Crippen LogP contribution in [0.15, 0.2) is 23.0 Å². The van der Waals surface area contributed by atoms with Gasteiger partial charge in [0.15, 0.2) is 0 Å². The molecule has 0 radical (unpaired) electrons. The maximum absolute atomic E-state index is 12.7. The molecule has 1 aromatic heterocycles. The summed E-state index contributed by atoms with van der Waals surface area (Å²) in [6, 6.07) is 5.72. The second kappa shape index (κ2) is 7.82. The van der Waals surface area contributed by atoms with E-state index in [0.29, 0.717) is 30.2 Å². The van der Waals surface area contributed by atoms with Crippen molar-refractivity contribution < 1.29 is 14.3 Å². The lowest BCUT2D eigenvalue weighted by atomic mass is 9.97. The fourth-order valence-corrected chi connectivity index (χ4v) is 3.62. The maximum atomic E-state index is 12.7. The van der Waals surface area contributed by atoms with Crippen LogP contribution in [-0.4, -0.2) is 48.1 Å². The molecule has 1 aliphatic heterocycles. The Hall–Kier alpha value is -2.83. The predicted molar refractivity (Wildman–Crippen MR) is 102 cm³/mol. The number of carbonyl (C=O) groups is 1. The van der Waals surface area contributed by atoms with Gasteiger partial charge in [0.2, 0.25) is 5.91 Å². The molecule has 1 amide bonds. The van der Waals surface area contributed by atoms with E-state index in [1.165, 1.54) is 0 Å². The van der Waals surface area contributed by atoms with Crippen molar-refractivity contribution in [1.82, 2.24) is 14.9 Å². The van der Waals surface area contributed by atoms with Gasteiger partial charge in [-0.25, -0.2) is 4.98 Å². The molecule has 1 N–H and O–H groups in total. The van der Waals surface area contributed by atoms with Gasteiger partial charge in [0.1, 0.15) is 17.3 Å². The SMILES string of the molecule is COc1ccc(OC)c([C@@H]2CCN(C(=O)Cc3c(C)nc(C)[nH]c3=O)C2)c1. The van der Waals surface area contributed by atoms with Crippen molar-refractivity contribution in [2.24, 2.45) is 0 Å². The van der Waals surface area contributed by atoms with E-state index in [1.807, 2.05) is 23.1 Å². The molecule has 7 heteroatoms. The number of amides is 1. The molecule has 7 nitrogen and oxygen atoms in total. The van der Waals surface area contributed by atoms with Gasteiger partial charge in [0.25, 0.3) is 5.56 Å². The van der Waals surface area contributed by atoms with Gasteiger partial charge in [-0.1, -0.05) is 0 Å². The monoisotopic (exact) mass is 371 g/mol. The molecule has 27 heavy (non-hydrogen) atoms. The number of methoxy groups -OCH3 is 2. The Morgan fingerprint density at radius 3 is 2.74 bits per heavy atom. The van der Waals surface area contributed by atoms with Crippen LogP contribution in [0.2, 0.25) is 0 Å². The van der Waals surface area contributed by atoms with Crippen molar-refractivity contribution in [1.29, 1.82) is 0 Å². The molecule has 1 aliphatic rings. The number of carbonyl (C=O) groups excluding carboxylic acids is 1. The standard InChI is InChI=1S/C20H25N3O4/c1-12-16(20(25)22-13(2)21-12)10-19(24)23-8-7-14(11-23)17-9-15(26-3)5-6-18(17)27-4/h5-6,9,14H,7-8,10-11H2,1-4H3,(H,21,22,25)/t14-/m1/s1. The number of rotatable bonds is 5. The molecular weight excluding hydrogens is 346 g/mol. The molecule has 0 spiro atoms. The van der Waals surface area contributed by atoms with Gasteiger partial charge in [0.05, 0.1) is 20.6 Å². The number of hydrogen-bond donors (Lipinski definition) is 1. The first-order chi connectivity index (χ1) is 12.9. The highest BCUT2D eigenvalue weighted by Gasteiger charge is 2.30. The average Bonchev–Trinajstić information content (AvgIpc) is 3.14. The van der Waals surface area contributed by atoms with E-state index in [2.05, 4.69) is 9.97 Å². The maximum Gasteiger partial charge on any atom is 0.254 e. The van der Waals surface area contributed by atoms with Gasteiger partial charge in [0, 0.05) is 35.8 Å². The molecule has 0 unspecified atom stereocenters. The van der Waals surface area contributed by atoms with E-state index >= 15 is 0 Å². The van der Waals surface area contributed by atoms with Crippen LogP contribution >= 0.6 is 0 Å². The third-order valence-corrected chi connectivity index (χ3v) is 5.09. The van der Waals surface area contributed by atoms with Crippen molar-refractivity contribution in [2.45, 2.75) is 32.6 Å². The summed E-state index contributed by atoms with van der Waals surface area (Å²) >= 11 is 0. The van der Waals surface area contributed by atoms with Crippen LogP contribution in [0.4, 0.5) is 0 Å². The lowest BCUT2D eigenvalue weighted by molar-refractivity contribution is -0.129. The van der Waals surface area contributed by atoms with Gasteiger partial charge < -0.3 is 19.4 Å². The van der Waals surface area contributed by atoms with Crippen LogP contribution in [-0.2, 0) is 11.2 Å². The zero-order valence-electron chi connectivity index (χ0n) is 16.2. The van der Waals surface area contributed by atoms with Gasteiger partial charge in [-0.3, -0.25) is 9.59 Å². The summed E-state index contributed by atoms with van der Waals surface area (Å²) in [6.07, 6.45) is 0.910. The quantitative estimate of drug-likeness (QED) is 0.869. The Balaban J connectivity index is 1.75. The van der Waals surface area contributed by atoms with E-state index in [0.717, 1.165) is 23.5 Å². The van der Waals surface area contributed by atoms with E-state index in [-0.39, 0.29) is 23.8 Å². The van der Waals surface area contributed by atoms with Crippen LogP contribution in [0.25, 0.3) is 0 Å². The Morgan fingerprint density at radius 2 is 2.07 bits per heavy atom. The molecule has 0 bridgehead atoms. The summed E-state index contributed by atoms with van der Waals surface area (Å²) in [6.45, 7) is 4.74. The minimum Gasteiger partial charge on any atom is -0.497 e. The Labute approximate surface area is 158 Å². The first-order valence-corrected chi connectivity index (χ1v) is 8.99. The number of H-pyrrole nitrogens is 1. The smallest absolute Gasteiger partial charge is 0.254 e. The van der Waals surface area contributed by atoms with Crippen LogP contribution in [0.5, 0.6) is 11.5 Å². The van der Waals surface area contributed by atoms with Crippen molar-refractivity contribution in [3.05, 3.63) is 51.2 Å². The first kappa shape index (κ1) is 18.9. The number of nitrogens with one attached hydrogen (secondary N) is 1. The average molecular weight is 371 g/mol. The Kier molecular flexibility index (Phi) is 5.48. The molecule has 144 valence electrons. The first-order valence-electron chi connectivity index (χ1n) is 8.99. The van der Waals surface area contributed by atoms with Crippen molar-refractivity contribution >= 4 is 5.91 Å². The highest BCUT2D eigenvalue weighted by atomic mass is 16.5. The third kappa shape index (κ3) is 3.97. The van der Waals surface area contributed by atoms with E-state index in [4.69, 9.17) is 9.47 Å². The van der Waals surface area contributed by atoms with E-state index in [9.17, 15) is 9.59 Å². The number of benzene rings is 1. The molecule has 0 aliphatic carbocycles. The summed E-state index contributed by atoms with van der Waals surface area (Å²) < 4.78 is 10.8. The molecule has 2 heterocycles. The van der Waals surface area contributed by atoms with Crippen molar-refractivity contribution in [2.75, 3.05) is 27.3 Å². The van der Waals surface area contributed by atoms with Crippen LogP contribution in [0, 0.1) is 13.8 Å². The number of hydrogen-bond acceptors (Lipinski definition) is 5. The fraction of sp³-hybridized carbons (Fsp3) is 0.450. The number of likely N-dealkylation sites (tertiary alicyclic amines) is 1. The molecule has 1 fully saturated rings. The summed E-state index contributed by atoms with van der Waals surface area (Å²) in [5.74, 6) is 2.24. The normalized spacial score (nSPS) is 16.4. The zero-order valence-corrected chi connectivity index (χ0v) is 16.2. The van der Waals surface area contributed by atoms with Crippen LogP contribution in [0.3, 0.4) is 0 Å². The van der Waals surface area contributed by atoms with Gasteiger partial charge in [-0.05, 0) is 38.5 Å². The number of aromatic amines is 1. The number of ether oxygens (including phenoxy) is 2. The number of aryl methyl sites for hydroxylation is 2. The second-order valence-corrected chi connectivity index (χ2v) is 6.83. The van der Waals surface area contributed by atoms with Crippen LogP contribution < -0.4 is 15.0 Å². The van der Waals surface area contributed by atoms with Crippen molar-refractivity contribution in [3.8, 4) is 11.5 Å². The number of nitrogens with zero attached hydrogens (tertiary/aromatic N) is 2. The lowest BCUT2D eigenvalue weighted by Crippen LogP contribution is -2.32. The van der Waals surface area contributed by atoms with E-state index < -0.39 is 0 Å². The molecule has 2 aromatic rings. The summed E-state index contributed by atoms with van der Waals surface area (Å²) in [4.78, 5) is 33.6. The molecular formula is C20H25N3O4. The molecule has 1 aromatic carbocycles. The zero-order chi connectivity index (χ0) is 19.6. The van der Waals surface area contributed by atoms with Gasteiger partial charge >= 0.3 is 0 Å². The topological polar surface area (TPSA) is 84.5 Å². The minimum atomic E-state index is -0.237. The molecule has 0 saturated carbocycles. The lowest BCUT2D eigenvalue weighted by Gasteiger charge is -2.19. The molecule has 1 saturated heterocycles. The Bertz CT molecular complexity index is 907. The third-order valence-electron chi connectivity index (χ3n) is 5.09. The Morgan fingerprint density at radius 1 is 1.30 bits per heavy atom. The van der Waals surface area contributed by atoms with E-state index in [1.54, 1.807) is 28.1 Å². The summed E-state index contributed by atoms with van der Waals surface area (Å²) in [7, 11) is 3.27.